The largest absolute Gasteiger partial charge is 0.463 e. The highest BCUT2D eigenvalue weighted by Crippen LogP contribution is 2.24. The molecule has 0 atom stereocenters. The van der Waals surface area contributed by atoms with Gasteiger partial charge in [0.05, 0.1) is 5.41 Å². The summed E-state index contributed by atoms with van der Waals surface area (Å²) in [5.74, 6) is 2.94. The van der Waals surface area contributed by atoms with Gasteiger partial charge in [0.2, 0.25) is 0 Å². The van der Waals surface area contributed by atoms with Gasteiger partial charge in [-0.25, -0.2) is 0 Å². The lowest BCUT2D eigenvalue weighted by atomic mass is 9.90. The van der Waals surface area contributed by atoms with Crippen LogP contribution in [0.5, 0.6) is 0 Å². The predicted octanol–water partition coefficient (Wildman–Crippen LogP) is 9.34. The van der Waals surface area contributed by atoms with Crippen molar-refractivity contribution in [2.24, 2.45) is 10.8 Å². The maximum Gasteiger partial charge on any atom is 0.311 e. The molecule has 0 aliphatic heterocycles. The number of rotatable bonds is 12. The zero-order valence-corrected chi connectivity index (χ0v) is 28.0. The number of aryl methyl sites for hydroxylation is 1. The van der Waals surface area contributed by atoms with E-state index < -0.39 is 5.41 Å². The highest BCUT2D eigenvalue weighted by atomic mass is 32.2. The normalized spacial score (nSPS) is 12.5. The molecule has 6 heteroatoms. The third-order valence-electron chi connectivity index (χ3n) is 6.26. The van der Waals surface area contributed by atoms with E-state index in [2.05, 4.69) is 81.5 Å². The molecule has 42 heavy (non-hydrogen) atoms. The number of carbonyl (C=O) groups is 2. The topological polar surface area (TPSA) is 52.6 Å². The summed E-state index contributed by atoms with van der Waals surface area (Å²) in [4.78, 5) is 21.6. The first-order valence-corrected chi connectivity index (χ1v) is 16.3. The van der Waals surface area contributed by atoms with Gasteiger partial charge in [0.1, 0.15) is 13.2 Å². The van der Waals surface area contributed by atoms with Crippen molar-refractivity contribution in [1.82, 2.24) is 0 Å². The van der Waals surface area contributed by atoms with Crippen LogP contribution in [-0.2, 0) is 31.4 Å². The van der Waals surface area contributed by atoms with Gasteiger partial charge < -0.3 is 9.47 Å². The van der Waals surface area contributed by atoms with E-state index in [1.165, 1.54) is 23.3 Å². The van der Waals surface area contributed by atoms with Gasteiger partial charge in [-0.3, -0.25) is 9.59 Å². The Morgan fingerprint density at radius 1 is 0.929 bits per heavy atom. The minimum Gasteiger partial charge on any atom is -0.463 e. The van der Waals surface area contributed by atoms with Crippen LogP contribution in [0.25, 0.3) is 0 Å². The Hall–Kier alpha value is -2.70. The summed E-state index contributed by atoms with van der Waals surface area (Å²) < 4.78 is 9.87. The number of thioether (sulfide) groups is 1. The fourth-order valence-corrected chi connectivity index (χ4v) is 5.29. The molecule has 2 aromatic rings. The van der Waals surface area contributed by atoms with E-state index in [-0.39, 0.29) is 5.97 Å². The molecule has 0 aromatic heterocycles. The van der Waals surface area contributed by atoms with Crippen LogP contribution in [0, 0.1) is 17.8 Å². The van der Waals surface area contributed by atoms with Crippen molar-refractivity contribution in [3.63, 3.8) is 0 Å². The van der Waals surface area contributed by atoms with Crippen molar-refractivity contribution in [2.75, 3.05) is 18.1 Å². The molecule has 0 radical (unpaired) electrons. The fraction of sp³-hybridized carbons (Fsp3) is 0.444. The zero-order chi connectivity index (χ0) is 31.3. The first-order valence-electron chi connectivity index (χ1n) is 14.5. The van der Waals surface area contributed by atoms with Gasteiger partial charge >= 0.3 is 5.97 Å². The number of benzene rings is 2. The van der Waals surface area contributed by atoms with Gasteiger partial charge in [-0.1, -0.05) is 111 Å². The van der Waals surface area contributed by atoms with Crippen LogP contribution in [0.15, 0.2) is 90.6 Å². The number of allylic oxidation sites excluding steroid dienone is 4. The zero-order valence-electron chi connectivity index (χ0n) is 26.3. The van der Waals surface area contributed by atoms with Crippen LogP contribution >= 0.6 is 24.4 Å². The van der Waals surface area contributed by atoms with E-state index >= 15 is 0 Å². The Kier molecular flexibility index (Phi) is 18.7. The van der Waals surface area contributed by atoms with Crippen LogP contribution in [0.1, 0.15) is 70.6 Å². The second-order valence-electron chi connectivity index (χ2n) is 12.0. The van der Waals surface area contributed by atoms with Gasteiger partial charge in [0.15, 0.2) is 0 Å². The van der Waals surface area contributed by atoms with Crippen LogP contribution in [0.2, 0.25) is 0 Å². The lowest BCUT2D eigenvalue weighted by Crippen LogP contribution is -2.27. The fourth-order valence-electron chi connectivity index (χ4n) is 3.40. The van der Waals surface area contributed by atoms with Gasteiger partial charge in [-0.05, 0) is 73.7 Å². The molecule has 1 aliphatic rings. The van der Waals surface area contributed by atoms with Gasteiger partial charge in [-0.2, -0.15) is 24.4 Å². The molecule has 0 heterocycles. The van der Waals surface area contributed by atoms with Crippen molar-refractivity contribution >= 4 is 36.8 Å². The van der Waals surface area contributed by atoms with E-state index in [1.807, 2.05) is 74.2 Å². The number of thiol groups is 1. The average molecular weight is 611 g/mol. The molecule has 0 saturated carbocycles. The van der Waals surface area contributed by atoms with Crippen LogP contribution < -0.4 is 0 Å². The van der Waals surface area contributed by atoms with Gasteiger partial charge in [-0.15, -0.1) is 0 Å². The summed E-state index contributed by atoms with van der Waals surface area (Å²) >= 11 is 6.19. The standard InChI is InChI=1S/C14H20O2S.C14H22S.C8H8O2/c1-14(2,9-10-17)13(15)16-11-12-7-5-3-4-6-8-12;1-12-5-7-13(8-6-12)11-15-10-9-14(2,3)4;9-7-10-6-8-4-2-1-3-5-8/h3,5-8,17H,4,9-11H2,1-2H3;5-8H,9-11H2,1-4H3;1-5,7H,6H2. The molecule has 0 saturated heterocycles. The molecular weight excluding hydrogens is 561 g/mol. The summed E-state index contributed by atoms with van der Waals surface area (Å²) in [5.41, 5.74) is 4.84. The molecule has 0 amide bonds. The van der Waals surface area contributed by atoms with Gasteiger partial charge in [0, 0.05) is 5.75 Å². The minimum absolute atomic E-state index is 0.158. The van der Waals surface area contributed by atoms with Crippen molar-refractivity contribution < 1.29 is 19.1 Å². The quantitative estimate of drug-likeness (QED) is 0.112. The summed E-state index contributed by atoms with van der Waals surface area (Å²) in [5, 5.41) is 0. The molecule has 0 fully saturated rings. The summed E-state index contributed by atoms with van der Waals surface area (Å²) in [6.07, 6.45) is 13.0. The number of esters is 1. The lowest BCUT2D eigenvalue weighted by molar-refractivity contribution is -0.152. The molecule has 3 rings (SSSR count). The molecule has 0 N–H and O–H groups in total. The molecule has 0 unspecified atom stereocenters. The maximum atomic E-state index is 11.9. The Labute approximate surface area is 264 Å². The van der Waals surface area contributed by atoms with Crippen LogP contribution in [-0.4, -0.2) is 30.6 Å². The third kappa shape index (κ3) is 18.7. The number of hydrogen-bond acceptors (Lipinski definition) is 6. The molecule has 2 aromatic carbocycles. The Morgan fingerprint density at radius 3 is 2.24 bits per heavy atom. The number of ether oxygens (including phenoxy) is 2. The van der Waals surface area contributed by atoms with E-state index in [1.54, 1.807) is 0 Å². The average Bonchev–Trinajstić information content (AvgIpc) is 3.23. The first kappa shape index (κ1) is 37.3. The molecular formula is C36H50O4S2. The van der Waals surface area contributed by atoms with Crippen molar-refractivity contribution in [3.05, 3.63) is 107 Å². The molecule has 1 aliphatic carbocycles. The molecule has 0 spiro atoms. The van der Waals surface area contributed by atoms with Crippen LogP contribution in [0.3, 0.4) is 0 Å². The third-order valence-corrected chi connectivity index (χ3v) is 7.51. The highest BCUT2D eigenvalue weighted by molar-refractivity contribution is 7.98. The predicted molar refractivity (Wildman–Crippen MR) is 183 cm³/mol. The van der Waals surface area contributed by atoms with E-state index in [4.69, 9.17) is 4.74 Å². The van der Waals surface area contributed by atoms with E-state index in [0.29, 0.717) is 30.9 Å². The molecule has 0 bridgehead atoms. The van der Waals surface area contributed by atoms with Crippen LogP contribution in [0.4, 0.5) is 0 Å². The monoisotopic (exact) mass is 610 g/mol. The van der Waals surface area contributed by atoms with Crippen molar-refractivity contribution in [3.8, 4) is 0 Å². The Bertz CT molecular complexity index is 1110. The summed E-state index contributed by atoms with van der Waals surface area (Å²) in [7, 11) is 0. The SMILES string of the molecule is CC(C)(CCS)C(=O)OCC1=CC=CCC=C1.Cc1ccc(CSCCC(C)(C)C)cc1.O=COCc1ccccc1. The van der Waals surface area contributed by atoms with Crippen molar-refractivity contribution in [1.29, 1.82) is 0 Å². The lowest BCUT2D eigenvalue weighted by Gasteiger charge is -2.21. The molecule has 230 valence electrons. The number of hydrogen-bond donors (Lipinski definition) is 1. The Balaban J connectivity index is 0.000000325. The Morgan fingerprint density at radius 2 is 1.62 bits per heavy atom. The van der Waals surface area contributed by atoms with Gasteiger partial charge in [0.25, 0.3) is 6.47 Å². The minimum atomic E-state index is -0.452. The van der Waals surface area contributed by atoms with Crippen molar-refractivity contribution in [2.45, 2.75) is 73.2 Å². The summed E-state index contributed by atoms with van der Waals surface area (Å²) in [6, 6.07) is 18.4. The van der Waals surface area contributed by atoms with E-state index in [9.17, 15) is 9.59 Å². The molecule has 4 nitrogen and oxygen atoms in total. The summed E-state index contributed by atoms with van der Waals surface area (Å²) in [6.45, 7) is 14.0. The second kappa shape index (κ2) is 21.1. The number of carbonyl (C=O) groups excluding carboxylic acids is 2. The maximum absolute atomic E-state index is 11.9. The second-order valence-corrected chi connectivity index (χ2v) is 13.5. The smallest absolute Gasteiger partial charge is 0.311 e. The highest BCUT2D eigenvalue weighted by Gasteiger charge is 2.28. The van der Waals surface area contributed by atoms with E-state index in [0.717, 1.165) is 29.7 Å². The first-order chi connectivity index (χ1) is 20.0.